The van der Waals surface area contributed by atoms with Crippen LogP contribution in [0.25, 0.3) is 75.1 Å². The second-order valence-electron chi connectivity index (χ2n) is 14.4. The summed E-state index contributed by atoms with van der Waals surface area (Å²) in [5.41, 5.74) is 11.4. The van der Waals surface area contributed by atoms with E-state index in [0.29, 0.717) is 0 Å². The lowest BCUT2D eigenvalue weighted by molar-refractivity contribution is 0.668. The molecule has 0 bridgehead atoms. The van der Waals surface area contributed by atoms with E-state index in [1.165, 1.54) is 69.5 Å². The number of para-hydroxylation sites is 1. The number of benzene rings is 8. The van der Waals surface area contributed by atoms with Gasteiger partial charge in [-0.25, -0.2) is 0 Å². The van der Waals surface area contributed by atoms with Crippen molar-refractivity contribution in [3.8, 4) is 22.3 Å². The lowest BCUT2D eigenvalue weighted by Gasteiger charge is -2.30. The number of thiophene rings is 1. The highest BCUT2D eigenvalue weighted by atomic mass is 32.1. The van der Waals surface area contributed by atoms with Crippen LogP contribution in [0.4, 0.5) is 11.4 Å². The van der Waals surface area contributed by atoms with Crippen LogP contribution in [0, 0.1) is 0 Å². The predicted molar refractivity (Wildman–Crippen MR) is 235 cm³/mol. The summed E-state index contributed by atoms with van der Waals surface area (Å²) in [6.07, 6.45) is 7.99. The van der Waals surface area contributed by atoms with E-state index >= 15 is 0 Å². The van der Waals surface area contributed by atoms with Crippen molar-refractivity contribution in [1.82, 2.24) is 0 Å². The largest absolute Gasteiger partial charge is 0.456 e. The molecular formula is C52H35NOS. The van der Waals surface area contributed by atoms with Crippen molar-refractivity contribution in [1.29, 1.82) is 0 Å². The van der Waals surface area contributed by atoms with E-state index in [4.69, 9.17) is 4.42 Å². The van der Waals surface area contributed by atoms with Gasteiger partial charge in [0.25, 0.3) is 0 Å². The summed E-state index contributed by atoms with van der Waals surface area (Å²) in [5, 5.41) is 7.54. The van der Waals surface area contributed by atoms with Gasteiger partial charge in [-0.2, -0.15) is 0 Å². The quantitative estimate of drug-likeness (QED) is 0.170. The zero-order valence-corrected chi connectivity index (χ0v) is 30.8. The van der Waals surface area contributed by atoms with Crippen molar-refractivity contribution in [2.24, 2.45) is 0 Å². The summed E-state index contributed by atoms with van der Waals surface area (Å²) >= 11 is 1.87. The Morgan fingerprint density at radius 2 is 1.18 bits per heavy atom. The van der Waals surface area contributed by atoms with E-state index in [2.05, 4.69) is 193 Å². The molecule has 0 saturated heterocycles. The molecule has 2 nitrogen and oxygen atoms in total. The van der Waals surface area contributed by atoms with Crippen molar-refractivity contribution in [3.05, 3.63) is 205 Å². The third-order valence-electron chi connectivity index (χ3n) is 11.2. The first-order chi connectivity index (χ1) is 27.2. The number of fused-ring (bicyclic) bond motifs is 7. The molecule has 0 N–H and O–H groups in total. The number of allylic oxidation sites excluding steroid dienone is 3. The van der Waals surface area contributed by atoms with Crippen LogP contribution in [0.5, 0.6) is 0 Å². The molecular weight excluding hydrogens is 687 g/mol. The van der Waals surface area contributed by atoms with Crippen LogP contribution in [0.2, 0.25) is 0 Å². The molecule has 1 atom stereocenters. The summed E-state index contributed by atoms with van der Waals surface area (Å²) in [6.45, 7) is 0. The number of rotatable bonds is 6. The second kappa shape index (κ2) is 13.0. The molecule has 2 heterocycles. The fourth-order valence-corrected chi connectivity index (χ4v) is 9.73. The van der Waals surface area contributed by atoms with Gasteiger partial charge in [-0.1, -0.05) is 140 Å². The number of furan rings is 1. The summed E-state index contributed by atoms with van der Waals surface area (Å²) in [5.74, 6) is 0.233. The Hall–Kier alpha value is -6.68. The van der Waals surface area contributed by atoms with Crippen LogP contribution in [-0.4, -0.2) is 0 Å². The Kier molecular flexibility index (Phi) is 7.53. The Bertz CT molecular complexity index is 3150. The molecule has 10 aromatic rings. The van der Waals surface area contributed by atoms with Crippen molar-refractivity contribution < 1.29 is 4.42 Å². The Balaban J connectivity index is 1.02. The molecule has 1 aliphatic carbocycles. The Morgan fingerprint density at radius 3 is 2.05 bits per heavy atom. The first-order valence-corrected chi connectivity index (χ1v) is 19.8. The van der Waals surface area contributed by atoms with Gasteiger partial charge in [0, 0.05) is 53.9 Å². The molecule has 0 amide bonds. The monoisotopic (exact) mass is 721 g/mol. The molecule has 3 heteroatoms. The van der Waals surface area contributed by atoms with Gasteiger partial charge in [0.05, 0.1) is 0 Å². The highest BCUT2D eigenvalue weighted by Crippen LogP contribution is 2.42. The van der Waals surface area contributed by atoms with Crippen molar-refractivity contribution in [2.75, 3.05) is 4.90 Å². The molecule has 0 fully saturated rings. The smallest absolute Gasteiger partial charge is 0.135 e. The van der Waals surface area contributed by atoms with Crippen LogP contribution < -0.4 is 4.90 Å². The molecule has 0 aliphatic heterocycles. The van der Waals surface area contributed by atoms with Gasteiger partial charge in [-0.05, 0) is 99.6 Å². The maximum absolute atomic E-state index is 6.27. The van der Waals surface area contributed by atoms with Gasteiger partial charge < -0.3 is 9.32 Å². The topological polar surface area (TPSA) is 16.4 Å². The lowest BCUT2D eigenvalue weighted by Crippen LogP contribution is -2.17. The predicted octanol–water partition coefficient (Wildman–Crippen LogP) is 15.2. The molecule has 1 unspecified atom stereocenters. The summed E-state index contributed by atoms with van der Waals surface area (Å²) in [7, 11) is 0. The second-order valence-corrected chi connectivity index (χ2v) is 15.5. The molecule has 1 aliphatic rings. The Morgan fingerprint density at radius 1 is 0.509 bits per heavy atom. The molecule has 11 rings (SSSR count). The van der Waals surface area contributed by atoms with Crippen LogP contribution in [0.1, 0.15) is 17.9 Å². The summed E-state index contributed by atoms with van der Waals surface area (Å²) in [4.78, 5) is 2.43. The van der Waals surface area contributed by atoms with E-state index in [1.54, 1.807) is 0 Å². The normalized spacial score (nSPS) is 14.3. The van der Waals surface area contributed by atoms with E-state index in [0.717, 1.165) is 34.7 Å². The van der Waals surface area contributed by atoms with Crippen LogP contribution in [0.3, 0.4) is 0 Å². The van der Waals surface area contributed by atoms with E-state index < -0.39 is 0 Å². The maximum atomic E-state index is 6.27. The molecule has 2 aromatic heterocycles. The maximum Gasteiger partial charge on any atom is 0.135 e. The molecule has 0 radical (unpaired) electrons. The van der Waals surface area contributed by atoms with Gasteiger partial charge in [0.1, 0.15) is 11.2 Å². The summed E-state index contributed by atoms with van der Waals surface area (Å²) in [6, 6.07) is 63.8. The number of hydrogen-bond acceptors (Lipinski definition) is 3. The number of hydrogen-bond donors (Lipinski definition) is 0. The summed E-state index contributed by atoms with van der Waals surface area (Å²) < 4.78 is 8.91. The lowest BCUT2D eigenvalue weighted by atomic mass is 9.88. The van der Waals surface area contributed by atoms with Gasteiger partial charge in [-0.3, -0.25) is 0 Å². The molecule has 0 spiro atoms. The van der Waals surface area contributed by atoms with Gasteiger partial charge >= 0.3 is 0 Å². The molecule has 0 saturated carbocycles. The SMILES string of the molecule is C1=CC(c2cccc3oc4ccccc4c23)CC=C1N(c1cccc(-c2ccc3c(c2)sc2ccccc23)c1)c1cccc(-c2cccc3ccccc23)c1. The van der Waals surface area contributed by atoms with Crippen LogP contribution in [-0.2, 0) is 0 Å². The molecule has 8 aromatic carbocycles. The fourth-order valence-electron chi connectivity index (χ4n) is 8.58. The van der Waals surface area contributed by atoms with Crippen LogP contribution in [0.15, 0.2) is 204 Å². The number of anilines is 2. The van der Waals surface area contributed by atoms with Crippen LogP contribution >= 0.6 is 11.3 Å². The molecule has 55 heavy (non-hydrogen) atoms. The van der Waals surface area contributed by atoms with E-state index in [1.807, 2.05) is 17.4 Å². The first kappa shape index (κ1) is 31.8. The third kappa shape index (κ3) is 5.47. The standard InChI is InChI=1S/C52H35NOS/c1-2-17-42-34(11-1)12-9-20-43(42)38-14-8-16-41(32-38)53(39-28-25-35(26-29-39)44-21-10-23-49-52(44)47-19-3-5-22-48(47)54-49)40-15-7-13-36(31-40)37-27-30-46-45-18-4-6-24-50(45)55-51(46)33-37/h1-25,27-33,35H,26H2. The van der Waals surface area contributed by atoms with Crippen molar-refractivity contribution in [3.63, 3.8) is 0 Å². The number of nitrogens with zero attached hydrogens (tertiary/aromatic N) is 1. The highest BCUT2D eigenvalue weighted by molar-refractivity contribution is 7.25. The minimum Gasteiger partial charge on any atom is -0.456 e. The van der Waals surface area contributed by atoms with E-state index in [-0.39, 0.29) is 5.92 Å². The average molecular weight is 722 g/mol. The van der Waals surface area contributed by atoms with Gasteiger partial charge in [0.15, 0.2) is 0 Å². The zero-order valence-electron chi connectivity index (χ0n) is 30.0. The Labute approximate surface area is 323 Å². The van der Waals surface area contributed by atoms with Crippen molar-refractivity contribution >= 4 is 75.6 Å². The fraction of sp³-hybridized carbons (Fsp3) is 0.0385. The van der Waals surface area contributed by atoms with Gasteiger partial charge in [-0.15, -0.1) is 11.3 Å². The minimum absolute atomic E-state index is 0.233. The highest BCUT2D eigenvalue weighted by Gasteiger charge is 2.22. The first-order valence-electron chi connectivity index (χ1n) is 18.9. The average Bonchev–Trinajstić information content (AvgIpc) is 3.82. The third-order valence-corrected chi connectivity index (χ3v) is 12.3. The van der Waals surface area contributed by atoms with E-state index in [9.17, 15) is 0 Å². The zero-order chi connectivity index (χ0) is 36.3. The van der Waals surface area contributed by atoms with Gasteiger partial charge in [0.2, 0.25) is 0 Å². The van der Waals surface area contributed by atoms with Crippen molar-refractivity contribution in [2.45, 2.75) is 12.3 Å². The molecule has 260 valence electrons. The minimum atomic E-state index is 0.233.